The summed E-state index contributed by atoms with van der Waals surface area (Å²) < 4.78 is 4.91. The van der Waals surface area contributed by atoms with E-state index in [0.29, 0.717) is 12.2 Å². The lowest BCUT2D eigenvalue weighted by Crippen LogP contribution is -2.25. The van der Waals surface area contributed by atoms with Crippen LogP contribution < -0.4 is 5.32 Å². The summed E-state index contributed by atoms with van der Waals surface area (Å²) in [4.78, 5) is 12.4. The molecule has 110 valence electrons. The predicted octanol–water partition coefficient (Wildman–Crippen LogP) is 2.52. The zero-order valence-electron chi connectivity index (χ0n) is 12.6. The number of carbonyl (C=O) groups is 1. The van der Waals surface area contributed by atoms with Gasteiger partial charge in [-0.25, -0.2) is 0 Å². The Labute approximate surface area is 127 Å². The number of fused-ring (bicyclic) bond motifs is 1. The van der Waals surface area contributed by atoms with Crippen molar-refractivity contribution >= 4 is 27.5 Å². The highest BCUT2D eigenvalue weighted by atomic mass is 32.1. The van der Waals surface area contributed by atoms with Crippen molar-refractivity contribution in [3.05, 3.63) is 40.2 Å². The fourth-order valence-corrected chi connectivity index (χ4v) is 3.45. The molecule has 0 bridgehead atoms. The monoisotopic (exact) mass is 302 g/mol. The third kappa shape index (κ3) is 2.25. The van der Waals surface area contributed by atoms with Crippen molar-refractivity contribution in [3.63, 3.8) is 0 Å². The molecular weight excluding hydrogens is 284 g/mol. The normalized spacial score (nSPS) is 11.2. The summed E-state index contributed by atoms with van der Waals surface area (Å²) in [5, 5.41) is 9.40. The van der Waals surface area contributed by atoms with Crippen LogP contribution in [0.15, 0.2) is 17.5 Å². The molecule has 3 aromatic rings. The van der Waals surface area contributed by atoms with Crippen LogP contribution in [0.3, 0.4) is 0 Å². The van der Waals surface area contributed by atoms with Crippen LogP contribution in [0.1, 0.15) is 27.4 Å². The zero-order valence-corrected chi connectivity index (χ0v) is 13.4. The number of nitrogens with one attached hydrogen (secondary N) is 1. The molecule has 1 amide bonds. The van der Waals surface area contributed by atoms with Crippen LogP contribution in [0, 0.1) is 13.8 Å². The van der Waals surface area contributed by atoms with Crippen LogP contribution in [-0.4, -0.2) is 20.3 Å². The summed E-state index contributed by atoms with van der Waals surface area (Å²) in [7, 11) is 3.84. The van der Waals surface area contributed by atoms with Gasteiger partial charge in [0.15, 0.2) is 0 Å². The number of aromatic nitrogens is 3. The van der Waals surface area contributed by atoms with E-state index >= 15 is 0 Å². The molecule has 0 spiro atoms. The van der Waals surface area contributed by atoms with Crippen LogP contribution in [0.5, 0.6) is 0 Å². The van der Waals surface area contributed by atoms with Gasteiger partial charge in [-0.05, 0) is 31.4 Å². The van der Waals surface area contributed by atoms with E-state index < -0.39 is 0 Å². The Morgan fingerprint density at radius 3 is 2.76 bits per heavy atom. The highest BCUT2D eigenvalue weighted by Gasteiger charge is 2.15. The van der Waals surface area contributed by atoms with E-state index in [-0.39, 0.29) is 5.91 Å². The molecule has 3 heterocycles. The van der Waals surface area contributed by atoms with E-state index in [1.807, 2.05) is 54.7 Å². The molecule has 21 heavy (non-hydrogen) atoms. The maximum absolute atomic E-state index is 12.4. The Bertz CT molecular complexity index is 824. The van der Waals surface area contributed by atoms with Crippen molar-refractivity contribution in [2.75, 3.05) is 0 Å². The summed E-state index contributed by atoms with van der Waals surface area (Å²) >= 11 is 1.65. The van der Waals surface area contributed by atoms with Crippen LogP contribution in [-0.2, 0) is 20.6 Å². The number of carbonyl (C=O) groups excluding carboxylic acids is 1. The van der Waals surface area contributed by atoms with Gasteiger partial charge in [0, 0.05) is 31.9 Å². The maximum Gasteiger partial charge on any atom is 0.268 e. The smallest absolute Gasteiger partial charge is 0.268 e. The van der Waals surface area contributed by atoms with Gasteiger partial charge in [-0.2, -0.15) is 5.10 Å². The number of thiophene rings is 1. The van der Waals surface area contributed by atoms with E-state index in [2.05, 4.69) is 10.4 Å². The number of rotatable bonds is 3. The van der Waals surface area contributed by atoms with Gasteiger partial charge in [-0.3, -0.25) is 9.48 Å². The van der Waals surface area contributed by atoms with Crippen LogP contribution in [0.2, 0.25) is 0 Å². The van der Waals surface area contributed by atoms with Gasteiger partial charge < -0.3 is 9.88 Å². The molecule has 0 radical (unpaired) electrons. The lowest BCUT2D eigenvalue weighted by Gasteiger charge is -2.07. The molecule has 0 aliphatic carbocycles. The molecule has 6 heteroatoms. The molecule has 0 atom stereocenters. The van der Waals surface area contributed by atoms with Crippen molar-refractivity contribution in [1.29, 1.82) is 0 Å². The van der Waals surface area contributed by atoms with E-state index in [9.17, 15) is 4.79 Å². The third-order valence-corrected chi connectivity index (χ3v) is 4.83. The average Bonchev–Trinajstić information content (AvgIpc) is 3.07. The number of nitrogens with zero attached hydrogens (tertiary/aromatic N) is 3. The minimum absolute atomic E-state index is 0.0523. The number of hydrogen-bond acceptors (Lipinski definition) is 3. The number of aryl methyl sites for hydroxylation is 3. The third-order valence-electron chi connectivity index (χ3n) is 3.98. The molecule has 0 saturated carbocycles. The second kappa shape index (κ2) is 5.04. The molecule has 0 aliphatic heterocycles. The zero-order chi connectivity index (χ0) is 15.1. The minimum Gasteiger partial charge on any atom is -0.347 e. The highest BCUT2D eigenvalue weighted by molar-refractivity contribution is 7.17. The van der Waals surface area contributed by atoms with Gasteiger partial charge in [0.1, 0.15) is 5.69 Å². The van der Waals surface area contributed by atoms with E-state index in [4.69, 9.17) is 0 Å². The second-order valence-electron chi connectivity index (χ2n) is 5.21. The summed E-state index contributed by atoms with van der Waals surface area (Å²) in [6, 6.07) is 3.98. The molecule has 3 rings (SSSR count). The van der Waals surface area contributed by atoms with Crippen LogP contribution in [0.4, 0.5) is 0 Å². The molecule has 0 aromatic carbocycles. The number of amides is 1. The van der Waals surface area contributed by atoms with Crippen molar-refractivity contribution < 1.29 is 4.79 Å². The summed E-state index contributed by atoms with van der Waals surface area (Å²) in [5.74, 6) is -0.0523. The van der Waals surface area contributed by atoms with Gasteiger partial charge in [-0.15, -0.1) is 11.3 Å². The molecular formula is C15H18N4OS. The van der Waals surface area contributed by atoms with E-state index in [0.717, 1.165) is 27.2 Å². The Balaban J connectivity index is 1.80. The Kier molecular flexibility index (Phi) is 3.33. The van der Waals surface area contributed by atoms with Gasteiger partial charge >= 0.3 is 0 Å². The molecule has 5 nitrogen and oxygen atoms in total. The average molecular weight is 302 g/mol. The van der Waals surface area contributed by atoms with E-state index in [1.54, 1.807) is 11.3 Å². The molecule has 0 saturated heterocycles. The first-order valence-corrected chi connectivity index (χ1v) is 7.67. The summed E-state index contributed by atoms with van der Waals surface area (Å²) in [5.41, 5.74) is 4.92. The first-order chi connectivity index (χ1) is 9.99. The predicted molar refractivity (Wildman–Crippen MR) is 84.6 cm³/mol. The van der Waals surface area contributed by atoms with Gasteiger partial charge in [0.25, 0.3) is 5.91 Å². The Morgan fingerprint density at radius 1 is 1.38 bits per heavy atom. The Morgan fingerprint density at radius 2 is 2.14 bits per heavy atom. The SMILES string of the molecule is Cc1nn(C)c(C)c1CNC(=O)c1cc2sccc2n1C. The molecule has 1 N–H and O–H groups in total. The van der Waals surface area contributed by atoms with Crippen LogP contribution in [0.25, 0.3) is 10.2 Å². The van der Waals surface area contributed by atoms with E-state index in [1.165, 1.54) is 0 Å². The first kappa shape index (κ1) is 13.9. The highest BCUT2D eigenvalue weighted by Crippen LogP contribution is 2.24. The molecule has 0 fully saturated rings. The van der Waals surface area contributed by atoms with Gasteiger partial charge in [0.05, 0.1) is 15.9 Å². The fourth-order valence-electron chi connectivity index (χ4n) is 2.60. The summed E-state index contributed by atoms with van der Waals surface area (Å²) in [6.07, 6.45) is 0. The lowest BCUT2D eigenvalue weighted by molar-refractivity contribution is 0.0943. The second-order valence-corrected chi connectivity index (χ2v) is 6.16. The lowest BCUT2D eigenvalue weighted by atomic mass is 10.2. The maximum atomic E-state index is 12.4. The largest absolute Gasteiger partial charge is 0.347 e. The fraction of sp³-hybridized carbons (Fsp3) is 0.333. The molecule has 3 aromatic heterocycles. The summed E-state index contributed by atoms with van der Waals surface area (Å²) in [6.45, 7) is 4.48. The molecule has 0 unspecified atom stereocenters. The van der Waals surface area contributed by atoms with Gasteiger partial charge in [0.2, 0.25) is 0 Å². The quantitative estimate of drug-likeness (QED) is 0.808. The first-order valence-electron chi connectivity index (χ1n) is 6.79. The van der Waals surface area contributed by atoms with Crippen molar-refractivity contribution in [2.24, 2.45) is 14.1 Å². The number of hydrogen-bond donors (Lipinski definition) is 1. The van der Waals surface area contributed by atoms with Crippen molar-refractivity contribution in [2.45, 2.75) is 20.4 Å². The van der Waals surface area contributed by atoms with Crippen LogP contribution >= 0.6 is 11.3 Å². The standard InChI is InChI=1S/C15H18N4OS/c1-9-11(10(2)19(4)17-9)8-16-15(20)13-7-14-12(18(13)3)5-6-21-14/h5-7H,8H2,1-4H3,(H,16,20). The topological polar surface area (TPSA) is 51.9 Å². The minimum atomic E-state index is -0.0523. The molecule has 0 aliphatic rings. The van der Waals surface area contributed by atoms with Crippen molar-refractivity contribution in [3.8, 4) is 0 Å². The van der Waals surface area contributed by atoms with Gasteiger partial charge in [-0.1, -0.05) is 0 Å². The Hall–Kier alpha value is -2.08. The van der Waals surface area contributed by atoms with Crippen molar-refractivity contribution in [1.82, 2.24) is 19.7 Å².